The minimum absolute atomic E-state index is 0.270. The van der Waals surface area contributed by atoms with E-state index in [1.54, 1.807) is 12.3 Å². The average Bonchev–Trinajstić information content (AvgIpc) is 4.18. The van der Waals surface area contributed by atoms with Crippen molar-refractivity contribution in [3.63, 3.8) is 0 Å². The Morgan fingerprint density at radius 2 is 0.679 bits per heavy atom. The summed E-state index contributed by atoms with van der Waals surface area (Å²) < 4.78 is 4.37. The zero-order valence-corrected chi connectivity index (χ0v) is 41.4. The van der Waals surface area contributed by atoms with Crippen molar-refractivity contribution in [2.45, 2.75) is 0 Å². The first-order valence-electron chi connectivity index (χ1n) is 25.3. The molecule has 0 bridgehead atoms. The molecule has 5 heterocycles. The number of rotatable bonds is 9. The number of benzene rings is 9. The fraction of sp³-hybridized carbons (Fsp3) is 0. The van der Waals surface area contributed by atoms with E-state index in [9.17, 15) is 10.5 Å². The third-order valence-electron chi connectivity index (χ3n) is 14.2. The van der Waals surface area contributed by atoms with Crippen molar-refractivity contribution in [3.8, 4) is 103 Å². The molecule has 14 aromatic rings. The lowest BCUT2D eigenvalue weighted by Crippen LogP contribution is -2.04. The van der Waals surface area contributed by atoms with Crippen LogP contribution in [0.4, 0.5) is 0 Å². The van der Waals surface area contributed by atoms with Crippen LogP contribution < -0.4 is 0 Å². The van der Waals surface area contributed by atoms with Crippen LogP contribution in [0.3, 0.4) is 0 Å². The molecule has 14 rings (SSSR count). The molecule has 11 nitrogen and oxygen atoms in total. The lowest BCUT2D eigenvalue weighted by Gasteiger charge is -2.19. The number of nitriles is 2. The van der Waals surface area contributed by atoms with Crippen LogP contribution in [0.1, 0.15) is 11.3 Å². The highest BCUT2D eigenvalue weighted by Gasteiger charge is 2.24. The van der Waals surface area contributed by atoms with Gasteiger partial charge < -0.3 is 9.13 Å². The number of aromatic nitrogens is 9. The molecular formula is C67H39N11. The third-order valence-corrected chi connectivity index (χ3v) is 14.2. The topological polar surface area (TPSA) is 148 Å². The Kier molecular flexibility index (Phi) is 11.0. The highest BCUT2D eigenvalue weighted by atomic mass is 15.1. The Bertz CT molecular complexity index is 4630. The van der Waals surface area contributed by atoms with Gasteiger partial charge in [0.05, 0.1) is 39.0 Å². The first-order valence-corrected chi connectivity index (χ1v) is 25.3. The smallest absolute Gasteiger partial charge is 0.164 e. The summed E-state index contributed by atoms with van der Waals surface area (Å²) in [6, 6.07) is 81.4. The Morgan fingerprint density at radius 1 is 0.295 bits per heavy atom. The van der Waals surface area contributed by atoms with Gasteiger partial charge in [-0.2, -0.15) is 10.5 Å². The quantitative estimate of drug-likeness (QED) is 0.138. The van der Waals surface area contributed by atoms with Crippen molar-refractivity contribution < 1.29 is 0 Å². The van der Waals surface area contributed by atoms with Gasteiger partial charge in [0.25, 0.3) is 0 Å². The Morgan fingerprint density at radius 3 is 1.10 bits per heavy atom. The summed E-state index contributed by atoms with van der Waals surface area (Å²) in [5.74, 6) is 3.38. The lowest BCUT2D eigenvalue weighted by molar-refractivity contribution is 1.07. The van der Waals surface area contributed by atoms with Crippen molar-refractivity contribution in [2.24, 2.45) is 0 Å². The Labute approximate surface area is 447 Å². The van der Waals surface area contributed by atoms with Crippen LogP contribution in [0.15, 0.2) is 237 Å². The van der Waals surface area contributed by atoms with Crippen LogP contribution in [0.2, 0.25) is 0 Å². The van der Waals surface area contributed by atoms with Crippen LogP contribution in [-0.4, -0.2) is 44.0 Å². The van der Waals surface area contributed by atoms with E-state index < -0.39 is 0 Å². The summed E-state index contributed by atoms with van der Waals surface area (Å²) in [6.45, 7) is 0. The van der Waals surface area contributed by atoms with Gasteiger partial charge in [-0.3, -0.25) is 0 Å². The summed E-state index contributed by atoms with van der Waals surface area (Å²) >= 11 is 0. The van der Waals surface area contributed by atoms with Crippen LogP contribution in [0.5, 0.6) is 0 Å². The van der Waals surface area contributed by atoms with E-state index in [1.165, 1.54) is 0 Å². The lowest BCUT2D eigenvalue weighted by atomic mass is 9.99. The molecule has 0 atom stereocenters. The van der Waals surface area contributed by atoms with E-state index >= 15 is 0 Å². The van der Waals surface area contributed by atoms with Gasteiger partial charge in [-0.05, 0) is 78.4 Å². The van der Waals surface area contributed by atoms with Gasteiger partial charge in [0.15, 0.2) is 34.9 Å². The molecule has 0 aliphatic rings. The molecule has 11 heteroatoms. The normalized spacial score (nSPS) is 11.3. The van der Waals surface area contributed by atoms with Gasteiger partial charge >= 0.3 is 0 Å². The van der Waals surface area contributed by atoms with Crippen LogP contribution in [-0.2, 0) is 0 Å². The average molecular weight is 998 g/mol. The molecule has 5 aromatic heterocycles. The largest absolute Gasteiger partial charge is 0.309 e. The van der Waals surface area contributed by atoms with Crippen LogP contribution in [0, 0.1) is 22.7 Å². The van der Waals surface area contributed by atoms with E-state index in [4.69, 9.17) is 29.9 Å². The minimum atomic E-state index is 0.270. The molecular weight excluding hydrogens is 959 g/mol. The van der Waals surface area contributed by atoms with Crippen molar-refractivity contribution in [1.29, 1.82) is 10.5 Å². The standard InChI is InChI=1S/C67H39N11/c68-40-49-38-61(78-57-28-16-14-26-52(57)55-37-48(30-32-59(55)78)67-75-64(44-21-9-3-10-22-44)72-65(76-67)45-23-11-4-12-24-45)53(46-33-34-70-50(35-46)41-69)39-60(49)77-56-27-15-13-25-51(56)54-36-47(29-31-58(54)77)66-73-62(42-17-5-1-6-18-42)71-63(74-66)43-19-7-2-8-20-43/h1-39H. The van der Waals surface area contributed by atoms with Gasteiger partial charge in [0.2, 0.25) is 0 Å². The number of hydrogen-bond donors (Lipinski definition) is 0. The van der Waals surface area contributed by atoms with Gasteiger partial charge in [-0.25, -0.2) is 34.9 Å². The molecule has 0 radical (unpaired) electrons. The molecule has 0 aliphatic carbocycles. The van der Waals surface area contributed by atoms with E-state index in [1.807, 2.05) is 170 Å². The summed E-state index contributed by atoms with van der Waals surface area (Å²) in [5, 5.41) is 25.5. The van der Waals surface area contributed by atoms with Gasteiger partial charge in [0, 0.05) is 66.7 Å². The highest BCUT2D eigenvalue weighted by molar-refractivity contribution is 6.12. The summed E-state index contributed by atoms with van der Waals surface area (Å²) in [7, 11) is 0. The van der Waals surface area contributed by atoms with Crippen molar-refractivity contribution in [2.75, 3.05) is 0 Å². The van der Waals surface area contributed by atoms with E-state index in [0.29, 0.717) is 46.2 Å². The van der Waals surface area contributed by atoms with Gasteiger partial charge in [-0.1, -0.05) is 158 Å². The second kappa shape index (κ2) is 18.9. The predicted octanol–water partition coefficient (Wildman–Crippen LogP) is 15.1. The molecule has 0 saturated heterocycles. The number of pyridine rings is 1. The number of fused-ring (bicyclic) bond motifs is 6. The molecule has 362 valence electrons. The fourth-order valence-corrected chi connectivity index (χ4v) is 10.5. The minimum Gasteiger partial charge on any atom is -0.309 e. The number of hydrogen-bond acceptors (Lipinski definition) is 9. The zero-order chi connectivity index (χ0) is 52.1. The molecule has 0 aliphatic heterocycles. The fourth-order valence-electron chi connectivity index (χ4n) is 10.5. The van der Waals surface area contributed by atoms with E-state index in [0.717, 1.165) is 93.8 Å². The van der Waals surface area contributed by atoms with Gasteiger partial charge in [-0.15, -0.1) is 0 Å². The maximum Gasteiger partial charge on any atom is 0.164 e. The Hall–Kier alpha value is -11.3. The SMILES string of the molecule is N#Cc1cc(-c2cc(-n3c4ccccc4c4cc(-c5nc(-c6ccccc6)nc(-c6ccccc6)n5)ccc43)c(C#N)cc2-n2c3ccccc3c3cc(-c4nc(-c5ccccc5)nc(-c5ccccc5)n4)ccc32)ccn1. The van der Waals surface area contributed by atoms with E-state index in [-0.39, 0.29) is 5.69 Å². The van der Waals surface area contributed by atoms with Crippen LogP contribution in [0.25, 0.3) is 134 Å². The molecule has 0 N–H and O–H groups in total. The van der Waals surface area contributed by atoms with E-state index in [2.05, 4.69) is 80.9 Å². The monoisotopic (exact) mass is 997 g/mol. The molecule has 0 fully saturated rings. The third kappa shape index (κ3) is 7.87. The molecule has 9 aromatic carbocycles. The summed E-state index contributed by atoms with van der Waals surface area (Å²) in [5.41, 5.74) is 12.5. The first kappa shape index (κ1) is 45.4. The molecule has 78 heavy (non-hydrogen) atoms. The molecule has 0 unspecified atom stereocenters. The van der Waals surface area contributed by atoms with Crippen LogP contribution >= 0.6 is 0 Å². The molecule has 0 saturated carbocycles. The zero-order valence-electron chi connectivity index (χ0n) is 41.4. The summed E-state index contributed by atoms with van der Waals surface area (Å²) in [4.78, 5) is 34.5. The van der Waals surface area contributed by atoms with Crippen molar-refractivity contribution in [1.82, 2.24) is 44.0 Å². The Balaban J connectivity index is 0.966. The van der Waals surface area contributed by atoms with Gasteiger partial charge in [0.1, 0.15) is 17.8 Å². The second-order valence-electron chi connectivity index (χ2n) is 18.8. The second-order valence-corrected chi connectivity index (χ2v) is 18.8. The maximum atomic E-state index is 11.4. The van der Waals surface area contributed by atoms with Crippen molar-refractivity contribution in [3.05, 3.63) is 248 Å². The van der Waals surface area contributed by atoms with Crippen molar-refractivity contribution >= 4 is 43.6 Å². The first-order chi connectivity index (χ1) is 38.6. The summed E-state index contributed by atoms with van der Waals surface area (Å²) in [6.07, 6.45) is 1.66. The highest BCUT2D eigenvalue weighted by Crippen LogP contribution is 2.42. The molecule has 0 spiro atoms. The number of nitrogens with zero attached hydrogens (tertiary/aromatic N) is 11. The predicted molar refractivity (Wildman–Crippen MR) is 307 cm³/mol. The number of para-hydroxylation sites is 2. The molecule has 0 amide bonds. The maximum absolute atomic E-state index is 11.4.